The van der Waals surface area contributed by atoms with Gasteiger partial charge in [0.15, 0.2) is 0 Å². The number of ether oxygens (including phenoxy) is 1. The summed E-state index contributed by atoms with van der Waals surface area (Å²) in [4.78, 5) is 8.50. The van der Waals surface area contributed by atoms with Crippen LogP contribution in [0.4, 0.5) is 5.82 Å². The van der Waals surface area contributed by atoms with E-state index in [1.165, 1.54) is 6.33 Å². The zero-order valence-corrected chi connectivity index (χ0v) is 12.3. The highest BCUT2D eigenvalue weighted by atomic mass is 16.5. The van der Waals surface area contributed by atoms with Crippen LogP contribution < -0.4 is 10.1 Å². The lowest BCUT2D eigenvalue weighted by Gasteiger charge is -2.13. The van der Waals surface area contributed by atoms with Gasteiger partial charge in [-0.05, 0) is 31.5 Å². The minimum atomic E-state index is 0.540. The van der Waals surface area contributed by atoms with Crippen molar-refractivity contribution in [1.82, 2.24) is 9.97 Å². The van der Waals surface area contributed by atoms with Crippen molar-refractivity contribution in [3.63, 3.8) is 0 Å². The van der Waals surface area contributed by atoms with Crippen LogP contribution in [0.1, 0.15) is 31.4 Å². The largest absolute Gasteiger partial charge is 0.439 e. The molecule has 0 aliphatic carbocycles. The molecule has 5 nitrogen and oxygen atoms in total. The molecule has 5 heteroatoms. The van der Waals surface area contributed by atoms with Crippen molar-refractivity contribution >= 4 is 5.82 Å². The van der Waals surface area contributed by atoms with Crippen LogP contribution in [0, 0.1) is 11.3 Å². The van der Waals surface area contributed by atoms with E-state index in [9.17, 15) is 0 Å². The summed E-state index contributed by atoms with van der Waals surface area (Å²) in [5, 5.41) is 12.2. The summed E-state index contributed by atoms with van der Waals surface area (Å²) in [6, 6.07) is 9.14. The Morgan fingerprint density at radius 3 is 2.86 bits per heavy atom. The van der Waals surface area contributed by atoms with Gasteiger partial charge in [0, 0.05) is 6.54 Å². The molecule has 0 radical (unpaired) electrons. The predicted octanol–water partition coefficient (Wildman–Crippen LogP) is 3.52. The Labute approximate surface area is 124 Å². The third-order valence-electron chi connectivity index (χ3n) is 2.93. The van der Waals surface area contributed by atoms with Crippen LogP contribution in [0.5, 0.6) is 11.6 Å². The Bertz CT molecular complexity index is 649. The fourth-order valence-corrected chi connectivity index (χ4v) is 2.02. The quantitative estimate of drug-likeness (QED) is 0.877. The number of hydrogen-bond acceptors (Lipinski definition) is 5. The van der Waals surface area contributed by atoms with Crippen LogP contribution in [0.2, 0.25) is 0 Å². The predicted molar refractivity (Wildman–Crippen MR) is 81.4 cm³/mol. The Morgan fingerprint density at radius 2 is 2.14 bits per heavy atom. The second-order valence-corrected chi connectivity index (χ2v) is 4.53. The van der Waals surface area contributed by atoms with E-state index in [4.69, 9.17) is 10.00 Å². The molecule has 0 atom stereocenters. The van der Waals surface area contributed by atoms with Gasteiger partial charge in [-0.2, -0.15) is 5.26 Å². The minimum absolute atomic E-state index is 0.540. The molecule has 1 aromatic carbocycles. The van der Waals surface area contributed by atoms with Crippen molar-refractivity contribution in [2.45, 2.75) is 26.7 Å². The Balaban J connectivity index is 2.34. The summed E-state index contributed by atoms with van der Waals surface area (Å²) in [6.07, 6.45) is 3.29. The zero-order chi connectivity index (χ0) is 15.1. The van der Waals surface area contributed by atoms with Crippen molar-refractivity contribution in [1.29, 1.82) is 5.26 Å². The average Bonchev–Trinajstić information content (AvgIpc) is 2.51. The van der Waals surface area contributed by atoms with Gasteiger partial charge in [0.1, 0.15) is 17.9 Å². The van der Waals surface area contributed by atoms with Crippen LogP contribution >= 0.6 is 0 Å². The van der Waals surface area contributed by atoms with Crippen LogP contribution in [0.15, 0.2) is 30.6 Å². The molecule has 2 aromatic rings. The number of rotatable bonds is 6. The topological polar surface area (TPSA) is 70.8 Å². The molecule has 1 aromatic heterocycles. The fourth-order valence-electron chi connectivity index (χ4n) is 2.02. The monoisotopic (exact) mass is 282 g/mol. The van der Waals surface area contributed by atoms with Crippen LogP contribution in [0.3, 0.4) is 0 Å². The molecule has 2 rings (SSSR count). The van der Waals surface area contributed by atoms with Crippen molar-refractivity contribution in [3.8, 4) is 17.7 Å². The summed E-state index contributed by atoms with van der Waals surface area (Å²) in [5.74, 6) is 1.95. The lowest BCUT2D eigenvalue weighted by Crippen LogP contribution is -2.06. The first kappa shape index (κ1) is 14.8. The van der Waals surface area contributed by atoms with Crippen LogP contribution in [-0.4, -0.2) is 16.5 Å². The van der Waals surface area contributed by atoms with Crippen molar-refractivity contribution in [2.75, 3.05) is 11.9 Å². The molecular weight excluding hydrogens is 264 g/mol. The summed E-state index contributed by atoms with van der Waals surface area (Å²) in [6.45, 7) is 4.91. The van der Waals surface area contributed by atoms with Gasteiger partial charge in [0.25, 0.3) is 0 Å². The van der Waals surface area contributed by atoms with Gasteiger partial charge in [-0.15, -0.1) is 0 Å². The molecule has 108 valence electrons. The van der Waals surface area contributed by atoms with Crippen molar-refractivity contribution < 1.29 is 4.74 Å². The van der Waals surface area contributed by atoms with Crippen LogP contribution in [0.25, 0.3) is 0 Å². The van der Waals surface area contributed by atoms with Gasteiger partial charge in [-0.3, -0.25) is 0 Å². The highest BCUT2D eigenvalue weighted by molar-refractivity contribution is 5.50. The summed E-state index contributed by atoms with van der Waals surface area (Å²) < 4.78 is 5.85. The third-order valence-corrected chi connectivity index (χ3v) is 2.93. The molecule has 0 spiro atoms. The number of anilines is 1. The number of benzene rings is 1. The molecular formula is C16H18N4O. The molecule has 0 saturated heterocycles. The molecule has 0 aliphatic heterocycles. The number of hydrogen-bond donors (Lipinski definition) is 1. The number of aromatic nitrogens is 2. The normalized spacial score (nSPS) is 9.95. The summed E-state index contributed by atoms with van der Waals surface area (Å²) >= 11 is 0. The first-order valence-electron chi connectivity index (χ1n) is 7.04. The number of nitrogens with zero attached hydrogens (tertiary/aromatic N) is 3. The molecule has 0 saturated carbocycles. The third kappa shape index (κ3) is 3.69. The average molecular weight is 282 g/mol. The molecule has 0 aliphatic rings. The summed E-state index contributed by atoms with van der Waals surface area (Å²) in [5.41, 5.74) is 1.52. The number of nitriles is 1. The SMILES string of the molecule is CCCc1c(NCC)ncnc1Oc1cccc(C#N)c1. The van der Waals surface area contributed by atoms with Gasteiger partial charge in [-0.1, -0.05) is 19.4 Å². The van der Waals surface area contributed by atoms with Gasteiger partial charge < -0.3 is 10.1 Å². The first-order chi connectivity index (χ1) is 10.3. The van der Waals surface area contributed by atoms with E-state index >= 15 is 0 Å². The Hall–Kier alpha value is -2.61. The van der Waals surface area contributed by atoms with E-state index in [1.807, 2.05) is 13.0 Å². The van der Waals surface area contributed by atoms with Crippen molar-refractivity contribution in [3.05, 3.63) is 41.7 Å². The second-order valence-electron chi connectivity index (χ2n) is 4.53. The molecule has 0 bridgehead atoms. The van der Waals surface area contributed by atoms with E-state index in [2.05, 4.69) is 28.3 Å². The van der Waals surface area contributed by atoms with Gasteiger partial charge in [0.2, 0.25) is 5.88 Å². The smallest absolute Gasteiger partial charge is 0.227 e. The van der Waals surface area contributed by atoms with Crippen LogP contribution in [-0.2, 0) is 6.42 Å². The molecule has 0 fully saturated rings. The molecule has 21 heavy (non-hydrogen) atoms. The van der Waals surface area contributed by atoms with E-state index in [-0.39, 0.29) is 0 Å². The van der Waals surface area contributed by atoms with Crippen molar-refractivity contribution in [2.24, 2.45) is 0 Å². The Morgan fingerprint density at radius 1 is 1.29 bits per heavy atom. The van der Waals surface area contributed by atoms with E-state index < -0.39 is 0 Å². The highest BCUT2D eigenvalue weighted by Crippen LogP contribution is 2.28. The lowest BCUT2D eigenvalue weighted by atomic mass is 10.1. The molecule has 0 amide bonds. The highest BCUT2D eigenvalue weighted by Gasteiger charge is 2.12. The second kappa shape index (κ2) is 7.25. The molecule has 1 heterocycles. The maximum absolute atomic E-state index is 8.94. The standard InChI is InChI=1S/C16H18N4O/c1-3-6-14-15(18-4-2)19-11-20-16(14)21-13-8-5-7-12(9-13)10-17/h5,7-9,11H,3-4,6H2,1-2H3,(H,18,19,20). The Kier molecular flexibility index (Phi) is 5.10. The maximum Gasteiger partial charge on any atom is 0.227 e. The van der Waals surface area contributed by atoms with E-state index in [0.717, 1.165) is 30.8 Å². The van der Waals surface area contributed by atoms with E-state index in [0.29, 0.717) is 17.2 Å². The minimum Gasteiger partial charge on any atom is -0.439 e. The fraction of sp³-hybridized carbons (Fsp3) is 0.312. The molecule has 0 unspecified atom stereocenters. The molecule has 1 N–H and O–H groups in total. The maximum atomic E-state index is 8.94. The number of nitrogens with one attached hydrogen (secondary N) is 1. The first-order valence-corrected chi connectivity index (χ1v) is 7.04. The lowest BCUT2D eigenvalue weighted by molar-refractivity contribution is 0.454. The summed E-state index contributed by atoms with van der Waals surface area (Å²) in [7, 11) is 0. The van der Waals surface area contributed by atoms with Gasteiger partial charge >= 0.3 is 0 Å². The zero-order valence-electron chi connectivity index (χ0n) is 12.3. The van der Waals surface area contributed by atoms with E-state index in [1.54, 1.807) is 18.2 Å². The van der Waals surface area contributed by atoms with Gasteiger partial charge in [0.05, 0.1) is 17.2 Å². The van der Waals surface area contributed by atoms with Gasteiger partial charge in [-0.25, -0.2) is 9.97 Å².